The van der Waals surface area contributed by atoms with Crippen LogP contribution in [0.1, 0.15) is 0 Å². The topological polar surface area (TPSA) is 8.17 Å². The zero-order chi connectivity index (χ0) is 41.7. The molecule has 0 aliphatic carbocycles. The molecule has 0 atom stereocenters. The number of hydrogen-bond donors (Lipinski definition) is 0. The van der Waals surface area contributed by atoms with Crippen molar-refractivity contribution in [2.45, 2.75) is 0 Å². The number of fused-ring (bicyclic) bond motifs is 6. The number of benzene rings is 10. The Kier molecular flexibility index (Phi) is 9.06. The first-order valence-corrected chi connectivity index (χ1v) is 22.3. The fraction of sp³-hybridized carbons (Fsp3) is 0. The number of anilines is 3. The molecule has 0 unspecified atom stereocenters. The van der Waals surface area contributed by atoms with Crippen LogP contribution < -0.4 is 4.90 Å². The summed E-state index contributed by atoms with van der Waals surface area (Å²) in [6.45, 7) is 0. The van der Waals surface area contributed by atoms with Crippen molar-refractivity contribution in [2.24, 2.45) is 0 Å². The number of hydrogen-bond acceptors (Lipinski definition) is 2. The van der Waals surface area contributed by atoms with Gasteiger partial charge in [0.1, 0.15) is 0 Å². The minimum atomic E-state index is 1.07. The van der Waals surface area contributed by atoms with Crippen LogP contribution in [0.3, 0.4) is 0 Å². The van der Waals surface area contributed by atoms with Gasteiger partial charge < -0.3 is 9.47 Å². The summed E-state index contributed by atoms with van der Waals surface area (Å²) in [5.41, 5.74) is 16.3. The van der Waals surface area contributed by atoms with Crippen LogP contribution in [0, 0.1) is 0 Å². The number of rotatable bonds is 8. The third-order valence-electron chi connectivity index (χ3n) is 12.4. The lowest BCUT2D eigenvalue weighted by Crippen LogP contribution is -2.14. The highest BCUT2D eigenvalue weighted by Crippen LogP contribution is 2.48. The minimum Gasteiger partial charge on any atom is -0.308 e. The molecule has 2 aromatic heterocycles. The first-order valence-electron chi connectivity index (χ1n) is 21.5. The zero-order valence-corrected chi connectivity index (χ0v) is 35.2. The molecule has 0 saturated carbocycles. The van der Waals surface area contributed by atoms with Crippen molar-refractivity contribution in [1.29, 1.82) is 0 Å². The van der Waals surface area contributed by atoms with Crippen molar-refractivity contribution < 1.29 is 0 Å². The molecule has 2 heterocycles. The van der Waals surface area contributed by atoms with Crippen molar-refractivity contribution >= 4 is 70.4 Å². The van der Waals surface area contributed by atoms with Gasteiger partial charge in [0.25, 0.3) is 0 Å². The van der Waals surface area contributed by atoms with Gasteiger partial charge in [-0.05, 0) is 93.5 Å². The van der Waals surface area contributed by atoms with E-state index in [0.29, 0.717) is 0 Å². The summed E-state index contributed by atoms with van der Waals surface area (Å²) in [5, 5.41) is 5.10. The lowest BCUT2D eigenvalue weighted by molar-refractivity contribution is 1.15. The van der Waals surface area contributed by atoms with E-state index in [1.807, 2.05) is 11.3 Å². The van der Waals surface area contributed by atoms with E-state index in [1.165, 1.54) is 80.9 Å². The highest BCUT2D eigenvalue weighted by molar-refractivity contribution is 7.25. The van der Waals surface area contributed by atoms with Gasteiger partial charge in [-0.3, -0.25) is 0 Å². The van der Waals surface area contributed by atoms with E-state index in [9.17, 15) is 0 Å². The standard InChI is InChI=1S/C60H40N2S/c1-2-19-41(20-3-1)44-21-4-5-22-46(44)47-23-6-7-24-48(47)49-25-8-12-30-53(49)61(43-39-37-42(38-40-43)45-29-18-36-59-60(45)52-28-11-17-35-58(52)63-59)56-33-15-16-34-57(56)62-54-31-13-9-26-50(54)51-27-10-14-32-55(51)62/h1-40H. The first-order chi connectivity index (χ1) is 31.3. The fourth-order valence-corrected chi connectivity index (χ4v) is 10.8. The average Bonchev–Trinajstić information content (AvgIpc) is 3.91. The van der Waals surface area contributed by atoms with Crippen LogP contribution in [-0.2, 0) is 0 Å². The molecule has 0 aliphatic rings. The highest BCUT2D eigenvalue weighted by Gasteiger charge is 2.24. The molecule has 0 saturated heterocycles. The molecule has 0 spiro atoms. The second-order valence-corrected chi connectivity index (χ2v) is 17.1. The molecule has 0 fully saturated rings. The van der Waals surface area contributed by atoms with E-state index in [4.69, 9.17) is 0 Å². The van der Waals surface area contributed by atoms with Crippen molar-refractivity contribution in [2.75, 3.05) is 4.90 Å². The van der Waals surface area contributed by atoms with Gasteiger partial charge in [0, 0.05) is 42.2 Å². The van der Waals surface area contributed by atoms with Crippen LogP contribution in [0.15, 0.2) is 243 Å². The van der Waals surface area contributed by atoms with Crippen molar-refractivity contribution in [3.8, 4) is 50.2 Å². The van der Waals surface area contributed by atoms with Crippen LogP contribution in [0.4, 0.5) is 17.1 Å². The number of para-hydroxylation sites is 5. The molecule has 296 valence electrons. The number of nitrogens with zero attached hydrogens (tertiary/aromatic N) is 2. The minimum absolute atomic E-state index is 1.07. The Morgan fingerprint density at radius 3 is 1.49 bits per heavy atom. The molecule has 0 N–H and O–H groups in total. The summed E-state index contributed by atoms with van der Waals surface area (Å²) in [6, 6.07) is 88.4. The number of aromatic nitrogens is 1. The third kappa shape index (κ3) is 6.24. The Bertz CT molecular complexity index is 3580. The van der Waals surface area contributed by atoms with Gasteiger partial charge in [-0.15, -0.1) is 11.3 Å². The van der Waals surface area contributed by atoms with Gasteiger partial charge in [-0.25, -0.2) is 0 Å². The SMILES string of the molecule is c1ccc(-c2ccccc2-c2ccccc2-c2ccccc2N(c2ccc(-c3cccc4sc5ccccc5c34)cc2)c2ccccc2-n2c3ccccc3c3ccccc32)cc1. The van der Waals surface area contributed by atoms with E-state index >= 15 is 0 Å². The first kappa shape index (κ1) is 36.8. The Morgan fingerprint density at radius 1 is 0.302 bits per heavy atom. The Labute approximate surface area is 370 Å². The Balaban J connectivity index is 1.09. The van der Waals surface area contributed by atoms with Gasteiger partial charge in [0.2, 0.25) is 0 Å². The van der Waals surface area contributed by atoms with Gasteiger partial charge in [0.15, 0.2) is 0 Å². The maximum Gasteiger partial charge on any atom is 0.0702 e. The molecular weight excluding hydrogens is 781 g/mol. The molecule has 0 amide bonds. The van der Waals surface area contributed by atoms with E-state index < -0.39 is 0 Å². The predicted octanol–water partition coefficient (Wildman–Crippen LogP) is 17.3. The van der Waals surface area contributed by atoms with Crippen LogP contribution in [0.5, 0.6) is 0 Å². The lowest BCUT2D eigenvalue weighted by Gasteiger charge is -2.31. The average molecular weight is 821 g/mol. The summed E-state index contributed by atoms with van der Waals surface area (Å²) in [7, 11) is 0. The summed E-state index contributed by atoms with van der Waals surface area (Å²) in [6.07, 6.45) is 0. The molecular formula is C60H40N2S. The van der Waals surface area contributed by atoms with E-state index in [2.05, 4.69) is 252 Å². The molecule has 0 aliphatic heterocycles. The maximum atomic E-state index is 2.47. The zero-order valence-electron chi connectivity index (χ0n) is 34.4. The van der Waals surface area contributed by atoms with Crippen molar-refractivity contribution in [1.82, 2.24) is 4.57 Å². The normalized spacial score (nSPS) is 11.5. The van der Waals surface area contributed by atoms with E-state index in [-0.39, 0.29) is 0 Å². The summed E-state index contributed by atoms with van der Waals surface area (Å²) < 4.78 is 5.06. The van der Waals surface area contributed by atoms with Gasteiger partial charge in [-0.1, -0.05) is 188 Å². The quantitative estimate of drug-likeness (QED) is 0.148. The second-order valence-electron chi connectivity index (χ2n) is 16.0. The second kappa shape index (κ2) is 15.5. The van der Waals surface area contributed by atoms with Crippen LogP contribution in [-0.4, -0.2) is 4.57 Å². The van der Waals surface area contributed by atoms with E-state index in [1.54, 1.807) is 0 Å². The van der Waals surface area contributed by atoms with Crippen LogP contribution in [0.25, 0.3) is 92.2 Å². The van der Waals surface area contributed by atoms with Crippen molar-refractivity contribution in [3.05, 3.63) is 243 Å². The molecule has 0 radical (unpaired) electrons. The predicted molar refractivity (Wildman–Crippen MR) is 270 cm³/mol. The molecule has 3 heteroatoms. The summed E-state index contributed by atoms with van der Waals surface area (Å²) in [4.78, 5) is 2.47. The van der Waals surface area contributed by atoms with Crippen LogP contribution in [0.2, 0.25) is 0 Å². The molecule has 10 aromatic carbocycles. The molecule has 2 nitrogen and oxygen atoms in total. The fourth-order valence-electron chi connectivity index (χ4n) is 9.67. The Morgan fingerprint density at radius 2 is 0.778 bits per heavy atom. The monoisotopic (exact) mass is 820 g/mol. The highest BCUT2D eigenvalue weighted by atomic mass is 32.1. The van der Waals surface area contributed by atoms with Gasteiger partial charge in [-0.2, -0.15) is 0 Å². The van der Waals surface area contributed by atoms with E-state index in [0.717, 1.165) is 28.3 Å². The molecule has 0 bridgehead atoms. The summed E-state index contributed by atoms with van der Waals surface area (Å²) in [5.74, 6) is 0. The van der Waals surface area contributed by atoms with Gasteiger partial charge >= 0.3 is 0 Å². The van der Waals surface area contributed by atoms with Crippen LogP contribution >= 0.6 is 11.3 Å². The molecule has 12 aromatic rings. The molecule has 12 rings (SSSR count). The molecule has 63 heavy (non-hydrogen) atoms. The summed E-state index contributed by atoms with van der Waals surface area (Å²) >= 11 is 1.86. The lowest BCUT2D eigenvalue weighted by atomic mass is 9.88. The Hall–Kier alpha value is -7.98. The largest absolute Gasteiger partial charge is 0.308 e. The van der Waals surface area contributed by atoms with Crippen molar-refractivity contribution in [3.63, 3.8) is 0 Å². The smallest absolute Gasteiger partial charge is 0.0702 e. The number of thiophene rings is 1. The van der Waals surface area contributed by atoms with Gasteiger partial charge in [0.05, 0.1) is 28.1 Å². The third-order valence-corrected chi connectivity index (χ3v) is 13.6. The maximum absolute atomic E-state index is 2.47.